The summed E-state index contributed by atoms with van der Waals surface area (Å²) in [6.45, 7) is 5.82. The van der Waals surface area contributed by atoms with E-state index in [0.29, 0.717) is 6.61 Å². The van der Waals surface area contributed by atoms with Crippen LogP contribution in [0.4, 0.5) is 26.3 Å². The standard InChI is InChI=1S/C7H12O2.C3F6/c1-3-5-6-9-7(8)4-2;4-1(2(5)6)3(7,8)9/h4H,2-3,5-6H2,1H3;. The summed E-state index contributed by atoms with van der Waals surface area (Å²) < 4.78 is 69.5. The second-order valence-electron chi connectivity index (χ2n) is 2.80. The largest absolute Gasteiger partial charge is 0.463 e. The Morgan fingerprint density at radius 3 is 2.00 bits per heavy atom. The van der Waals surface area contributed by atoms with Gasteiger partial charge in [-0.15, -0.1) is 0 Å². The maximum absolute atomic E-state index is 11.0. The molecule has 8 heteroatoms. The lowest BCUT2D eigenvalue weighted by atomic mass is 10.4. The van der Waals surface area contributed by atoms with Crippen molar-refractivity contribution in [2.24, 2.45) is 0 Å². The van der Waals surface area contributed by atoms with Gasteiger partial charge in [0.15, 0.2) is 0 Å². The smallest absolute Gasteiger partial charge is 0.448 e. The maximum Gasteiger partial charge on any atom is 0.448 e. The number of halogens is 6. The molecule has 0 aliphatic rings. The lowest BCUT2D eigenvalue weighted by Crippen LogP contribution is -2.08. The van der Waals surface area contributed by atoms with Gasteiger partial charge in [0, 0.05) is 6.08 Å². The van der Waals surface area contributed by atoms with Gasteiger partial charge in [-0.1, -0.05) is 19.9 Å². The molecule has 0 radical (unpaired) electrons. The molecule has 0 fully saturated rings. The van der Waals surface area contributed by atoms with Crippen LogP contribution in [0.1, 0.15) is 19.8 Å². The molecule has 0 heterocycles. The summed E-state index contributed by atoms with van der Waals surface area (Å²) in [5.41, 5.74) is 0. The molecule has 0 saturated heterocycles. The van der Waals surface area contributed by atoms with Gasteiger partial charge in [0.25, 0.3) is 5.83 Å². The predicted molar refractivity (Wildman–Crippen MR) is 52.5 cm³/mol. The monoisotopic (exact) mass is 278 g/mol. The van der Waals surface area contributed by atoms with Crippen LogP contribution in [0, 0.1) is 0 Å². The molecule has 106 valence electrons. The average Bonchev–Trinajstić information content (AvgIpc) is 2.27. The number of unbranched alkanes of at least 4 members (excludes halogenated alkanes) is 1. The maximum atomic E-state index is 11.0. The van der Waals surface area contributed by atoms with Gasteiger partial charge in [-0.05, 0) is 6.42 Å². The second kappa shape index (κ2) is 9.55. The van der Waals surface area contributed by atoms with Crippen LogP contribution in [-0.4, -0.2) is 18.8 Å². The SMILES string of the molecule is C=CC(=O)OCCCC.FC(F)=C(F)C(F)(F)F. The van der Waals surface area contributed by atoms with Crippen molar-refractivity contribution < 1.29 is 35.9 Å². The minimum absolute atomic E-state index is 0.330. The summed E-state index contributed by atoms with van der Waals surface area (Å²) in [5.74, 6) is -3.66. The van der Waals surface area contributed by atoms with Crippen LogP contribution in [-0.2, 0) is 9.53 Å². The Morgan fingerprint density at radius 2 is 1.78 bits per heavy atom. The molecule has 0 aromatic rings. The fraction of sp³-hybridized carbons (Fsp3) is 0.500. The van der Waals surface area contributed by atoms with Crippen molar-refractivity contribution in [1.29, 1.82) is 0 Å². The molecule has 0 aliphatic heterocycles. The molecular weight excluding hydrogens is 266 g/mol. The van der Waals surface area contributed by atoms with Crippen LogP contribution in [0.2, 0.25) is 0 Å². The summed E-state index contributed by atoms with van der Waals surface area (Å²) in [4.78, 5) is 10.3. The molecule has 0 aromatic heterocycles. The van der Waals surface area contributed by atoms with Crippen molar-refractivity contribution >= 4 is 5.97 Å². The van der Waals surface area contributed by atoms with Crippen molar-refractivity contribution in [2.75, 3.05) is 6.61 Å². The number of ether oxygens (including phenoxy) is 1. The number of hydrogen-bond donors (Lipinski definition) is 0. The van der Waals surface area contributed by atoms with Gasteiger partial charge >= 0.3 is 18.2 Å². The van der Waals surface area contributed by atoms with Gasteiger partial charge in [0.05, 0.1) is 6.61 Å². The van der Waals surface area contributed by atoms with Crippen LogP contribution >= 0.6 is 0 Å². The lowest BCUT2D eigenvalue weighted by Gasteiger charge is -1.98. The molecule has 0 N–H and O–H groups in total. The number of carbonyl (C=O) groups excluding carboxylic acids is 1. The van der Waals surface area contributed by atoms with Crippen molar-refractivity contribution in [2.45, 2.75) is 25.9 Å². The highest BCUT2D eigenvalue weighted by Crippen LogP contribution is 2.29. The minimum atomic E-state index is -5.56. The van der Waals surface area contributed by atoms with E-state index >= 15 is 0 Å². The van der Waals surface area contributed by atoms with Crippen molar-refractivity contribution in [3.05, 3.63) is 24.6 Å². The molecule has 0 aromatic carbocycles. The Bertz CT molecular complexity index is 291. The van der Waals surface area contributed by atoms with Crippen LogP contribution in [0.25, 0.3) is 0 Å². The molecule has 18 heavy (non-hydrogen) atoms. The molecule has 0 aliphatic carbocycles. The number of esters is 1. The third-order valence-electron chi connectivity index (χ3n) is 1.32. The summed E-state index contributed by atoms with van der Waals surface area (Å²) in [7, 11) is 0. The number of allylic oxidation sites excluding steroid dienone is 1. The molecule has 2 nitrogen and oxygen atoms in total. The number of hydrogen-bond acceptors (Lipinski definition) is 2. The third kappa shape index (κ3) is 11.0. The van der Waals surface area contributed by atoms with Crippen molar-refractivity contribution in [3.8, 4) is 0 Å². The fourth-order valence-electron chi connectivity index (χ4n) is 0.483. The van der Waals surface area contributed by atoms with Gasteiger partial charge in [-0.3, -0.25) is 0 Å². The quantitative estimate of drug-likeness (QED) is 0.334. The zero-order valence-electron chi connectivity index (χ0n) is 9.49. The fourth-order valence-corrected chi connectivity index (χ4v) is 0.483. The van der Waals surface area contributed by atoms with Crippen molar-refractivity contribution in [3.63, 3.8) is 0 Å². The number of rotatable bonds is 4. The highest BCUT2D eigenvalue weighted by Gasteiger charge is 2.38. The Hall–Kier alpha value is -1.47. The lowest BCUT2D eigenvalue weighted by molar-refractivity contribution is -0.137. The molecule has 0 saturated carbocycles. The first kappa shape index (κ1) is 18.9. The Labute approximate surface area is 99.9 Å². The average molecular weight is 278 g/mol. The molecule has 0 amide bonds. The van der Waals surface area contributed by atoms with E-state index in [1.807, 2.05) is 6.92 Å². The van der Waals surface area contributed by atoms with Crippen LogP contribution in [0.15, 0.2) is 24.6 Å². The Kier molecular flexibility index (Phi) is 10.0. The van der Waals surface area contributed by atoms with Gasteiger partial charge in [0.1, 0.15) is 0 Å². The normalized spacial score (nSPS) is 9.94. The van der Waals surface area contributed by atoms with Crippen LogP contribution in [0.5, 0.6) is 0 Å². The van der Waals surface area contributed by atoms with Gasteiger partial charge in [-0.2, -0.15) is 26.3 Å². The highest BCUT2D eigenvalue weighted by molar-refractivity contribution is 5.81. The molecule has 0 bridgehead atoms. The first-order valence-corrected chi connectivity index (χ1v) is 4.73. The summed E-state index contributed by atoms with van der Waals surface area (Å²) >= 11 is 0. The van der Waals surface area contributed by atoms with E-state index in [1.54, 1.807) is 0 Å². The highest BCUT2D eigenvalue weighted by atomic mass is 19.4. The van der Waals surface area contributed by atoms with E-state index in [2.05, 4.69) is 11.3 Å². The molecule has 0 unspecified atom stereocenters. The molecule has 0 atom stereocenters. The summed E-state index contributed by atoms with van der Waals surface area (Å²) in [6.07, 6.45) is -5.75. The van der Waals surface area contributed by atoms with E-state index < -0.39 is 18.1 Å². The van der Waals surface area contributed by atoms with E-state index in [0.717, 1.165) is 12.8 Å². The van der Waals surface area contributed by atoms with E-state index in [9.17, 15) is 31.1 Å². The molecular formula is C10H12F6O2. The minimum Gasteiger partial charge on any atom is -0.463 e. The Morgan fingerprint density at radius 1 is 1.28 bits per heavy atom. The Balaban J connectivity index is 0. The van der Waals surface area contributed by atoms with Crippen LogP contribution in [0.3, 0.4) is 0 Å². The molecule has 0 rings (SSSR count). The zero-order chi connectivity index (χ0) is 14.8. The summed E-state index contributed by atoms with van der Waals surface area (Å²) in [5, 5.41) is 0. The topological polar surface area (TPSA) is 26.3 Å². The summed E-state index contributed by atoms with van der Waals surface area (Å²) in [6, 6.07) is 0. The van der Waals surface area contributed by atoms with Gasteiger partial charge < -0.3 is 4.74 Å². The van der Waals surface area contributed by atoms with E-state index in [4.69, 9.17) is 0 Å². The first-order valence-electron chi connectivity index (χ1n) is 4.73. The van der Waals surface area contributed by atoms with E-state index in [-0.39, 0.29) is 5.97 Å². The molecule has 0 spiro atoms. The van der Waals surface area contributed by atoms with Crippen molar-refractivity contribution in [1.82, 2.24) is 0 Å². The van der Waals surface area contributed by atoms with Crippen LogP contribution < -0.4 is 0 Å². The van der Waals surface area contributed by atoms with E-state index in [1.165, 1.54) is 6.08 Å². The van der Waals surface area contributed by atoms with Gasteiger partial charge in [0.2, 0.25) is 0 Å². The number of carbonyl (C=O) groups is 1. The number of alkyl halides is 3. The first-order chi connectivity index (χ1) is 8.16. The second-order valence-corrected chi connectivity index (χ2v) is 2.80. The zero-order valence-corrected chi connectivity index (χ0v) is 9.49. The third-order valence-corrected chi connectivity index (χ3v) is 1.32. The van der Waals surface area contributed by atoms with Gasteiger partial charge in [-0.25, -0.2) is 4.79 Å². The predicted octanol–water partition coefficient (Wildman–Crippen LogP) is 4.14.